The van der Waals surface area contributed by atoms with Crippen LogP contribution >= 0.6 is 22.7 Å². The molecule has 2 aromatic rings. The number of nitrogens with one attached hydrogen (secondary N) is 1. The molecule has 25 heavy (non-hydrogen) atoms. The quantitative estimate of drug-likeness (QED) is 0.685. The van der Waals surface area contributed by atoms with Crippen molar-refractivity contribution in [3.8, 4) is 0 Å². The van der Waals surface area contributed by atoms with Gasteiger partial charge in [0, 0.05) is 15.1 Å². The molecule has 1 aliphatic carbocycles. The van der Waals surface area contributed by atoms with E-state index in [1.54, 1.807) is 11.3 Å². The molecule has 1 amide bonds. The van der Waals surface area contributed by atoms with Crippen molar-refractivity contribution in [1.29, 1.82) is 0 Å². The zero-order valence-electron chi connectivity index (χ0n) is 14.6. The Morgan fingerprint density at radius 3 is 2.84 bits per heavy atom. The van der Waals surface area contributed by atoms with Crippen molar-refractivity contribution < 1.29 is 14.3 Å². The van der Waals surface area contributed by atoms with Crippen molar-refractivity contribution in [2.45, 2.75) is 52.4 Å². The molecule has 134 valence electrons. The Morgan fingerprint density at radius 1 is 1.24 bits per heavy atom. The maximum absolute atomic E-state index is 12.6. The molecule has 4 nitrogen and oxygen atoms in total. The van der Waals surface area contributed by atoms with Gasteiger partial charge in [0.15, 0.2) is 0 Å². The van der Waals surface area contributed by atoms with Gasteiger partial charge in [0.1, 0.15) is 5.00 Å². The molecule has 0 radical (unpaired) electrons. The van der Waals surface area contributed by atoms with Crippen LogP contribution in [0.2, 0.25) is 0 Å². The van der Waals surface area contributed by atoms with E-state index in [2.05, 4.69) is 12.2 Å². The predicted octanol–water partition coefficient (Wildman–Crippen LogP) is 5.07. The van der Waals surface area contributed by atoms with Gasteiger partial charge in [-0.2, -0.15) is 0 Å². The Kier molecular flexibility index (Phi) is 5.91. The minimum absolute atomic E-state index is 0.150. The number of anilines is 1. The number of thiophene rings is 2. The van der Waals surface area contributed by atoms with Gasteiger partial charge in [0.25, 0.3) is 5.91 Å². The molecule has 0 saturated heterocycles. The van der Waals surface area contributed by atoms with Gasteiger partial charge in [0.05, 0.1) is 17.7 Å². The highest BCUT2D eigenvalue weighted by molar-refractivity contribution is 7.17. The van der Waals surface area contributed by atoms with Gasteiger partial charge < -0.3 is 10.1 Å². The number of rotatable bonds is 7. The third kappa shape index (κ3) is 3.96. The van der Waals surface area contributed by atoms with Crippen LogP contribution < -0.4 is 5.32 Å². The number of hydrogen-bond donors (Lipinski definition) is 1. The van der Waals surface area contributed by atoms with E-state index in [1.165, 1.54) is 21.1 Å². The van der Waals surface area contributed by atoms with Crippen molar-refractivity contribution in [2.24, 2.45) is 0 Å². The number of ether oxygens (including phenoxy) is 1. The molecule has 1 N–H and O–H groups in total. The average Bonchev–Trinajstić information content (AvgIpc) is 3.28. The molecule has 0 spiro atoms. The fraction of sp³-hybridized carbons (Fsp3) is 0.474. The molecule has 0 aliphatic heterocycles. The Morgan fingerprint density at radius 2 is 2.08 bits per heavy atom. The van der Waals surface area contributed by atoms with Gasteiger partial charge in [-0.3, -0.25) is 4.79 Å². The Hall–Kier alpha value is -1.66. The highest BCUT2D eigenvalue weighted by Gasteiger charge is 2.28. The number of amides is 1. The van der Waals surface area contributed by atoms with Crippen LogP contribution in [-0.2, 0) is 24.0 Å². The Balaban J connectivity index is 1.81. The first-order valence-electron chi connectivity index (χ1n) is 8.84. The molecule has 0 unspecified atom stereocenters. The molecule has 6 heteroatoms. The van der Waals surface area contributed by atoms with Gasteiger partial charge in [0.2, 0.25) is 0 Å². The number of aryl methyl sites for hydroxylation is 2. The molecule has 0 fully saturated rings. The fourth-order valence-corrected chi connectivity index (χ4v) is 5.27. The van der Waals surface area contributed by atoms with Crippen LogP contribution in [0.1, 0.15) is 69.1 Å². The largest absolute Gasteiger partial charge is 0.462 e. The lowest BCUT2D eigenvalue weighted by atomic mass is 10.1. The molecular formula is C19H23NO3S2. The van der Waals surface area contributed by atoms with E-state index < -0.39 is 0 Å². The zero-order chi connectivity index (χ0) is 17.8. The topological polar surface area (TPSA) is 55.4 Å². The minimum atomic E-state index is -0.312. The SMILES string of the molecule is CCCOC(=O)c1c(NC(=O)c2csc(CCC)c2)sc2c1CCC2. The summed E-state index contributed by atoms with van der Waals surface area (Å²) in [4.78, 5) is 27.5. The summed E-state index contributed by atoms with van der Waals surface area (Å²) in [6.45, 7) is 4.50. The summed E-state index contributed by atoms with van der Waals surface area (Å²) < 4.78 is 5.34. The number of esters is 1. The fourth-order valence-electron chi connectivity index (χ4n) is 3.03. The van der Waals surface area contributed by atoms with E-state index in [0.29, 0.717) is 22.7 Å². The van der Waals surface area contributed by atoms with Gasteiger partial charge in [-0.15, -0.1) is 22.7 Å². The number of carbonyl (C=O) groups is 2. The summed E-state index contributed by atoms with van der Waals surface area (Å²) in [6, 6.07) is 1.94. The first-order valence-corrected chi connectivity index (χ1v) is 10.5. The maximum atomic E-state index is 12.6. The number of hydrogen-bond acceptors (Lipinski definition) is 5. The van der Waals surface area contributed by atoms with E-state index in [0.717, 1.165) is 44.1 Å². The van der Waals surface area contributed by atoms with E-state index in [1.807, 2.05) is 18.4 Å². The Labute approximate surface area is 156 Å². The van der Waals surface area contributed by atoms with Crippen molar-refractivity contribution in [1.82, 2.24) is 0 Å². The van der Waals surface area contributed by atoms with Gasteiger partial charge in [-0.05, 0) is 43.7 Å². The monoisotopic (exact) mass is 377 g/mol. The minimum Gasteiger partial charge on any atom is -0.462 e. The van der Waals surface area contributed by atoms with E-state index in [9.17, 15) is 9.59 Å². The lowest BCUT2D eigenvalue weighted by molar-refractivity contribution is 0.0505. The second kappa shape index (κ2) is 8.15. The molecule has 3 rings (SSSR count). The first-order chi connectivity index (χ1) is 12.1. The zero-order valence-corrected chi connectivity index (χ0v) is 16.3. The highest BCUT2D eigenvalue weighted by atomic mass is 32.1. The summed E-state index contributed by atoms with van der Waals surface area (Å²) >= 11 is 3.13. The van der Waals surface area contributed by atoms with Gasteiger partial charge >= 0.3 is 5.97 Å². The summed E-state index contributed by atoms with van der Waals surface area (Å²) in [5, 5.41) is 5.48. The molecule has 0 aromatic carbocycles. The lowest BCUT2D eigenvalue weighted by Crippen LogP contribution is -2.15. The van der Waals surface area contributed by atoms with E-state index in [-0.39, 0.29) is 11.9 Å². The van der Waals surface area contributed by atoms with Crippen molar-refractivity contribution >= 4 is 39.6 Å². The van der Waals surface area contributed by atoms with Crippen LogP contribution in [0, 0.1) is 0 Å². The summed E-state index contributed by atoms with van der Waals surface area (Å²) in [7, 11) is 0. The summed E-state index contributed by atoms with van der Waals surface area (Å²) in [6.07, 6.45) is 5.76. The average molecular weight is 378 g/mol. The second-order valence-corrected chi connectivity index (χ2v) is 8.30. The van der Waals surface area contributed by atoms with Crippen molar-refractivity contribution in [2.75, 3.05) is 11.9 Å². The predicted molar refractivity (Wildman–Crippen MR) is 103 cm³/mol. The second-order valence-electron chi connectivity index (χ2n) is 6.20. The van der Waals surface area contributed by atoms with Crippen LogP contribution in [0.25, 0.3) is 0 Å². The van der Waals surface area contributed by atoms with Crippen LogP contribution in [0.3, 0.4) is 0 Å². The Bertz CT molecular complexity index is 776. The molecule has 0 saturated carbocycles. The van der Waals surface area contributed by atoms with Crippen molar-refractivity contribution in [3.63, 3.8) is 0 Å². The van der Waals surface area contributed by atoms with Gasteiger partial charge in [-0.1, -0.05) is 20.3 Å². The standard InChI is InChI=1S/C19H23NO3S2/c1-3-6-13-10-12(11-24-13)17(21)20-18-16(19(22)23-9-4-2)14-7-5-8-15(14)25-18/h10-11H,3-9H2,1-2H3,(H,20,21). The third-order valence-corrected chi connectivity index (χ3v) is 6.41. The van der Waals surface area contributed by atoms with Crippen molar-refractivity contribution in [3.05, 3.63) is 37.9 Å². The lowest BCUT2D eigenvalue weighted by Gasteiger charge is -2.08. The number of fused-ring (bicyclic) bond motifs is 1. The summed E-state index contributed by atoms with van der Waals surface area (Å²) in [5.41, 5.74) is 2.30. The van der Waals surface area contributed by atoms with Crippen LogP contribution in [0.15, 0.2) is 11.4 Å². The summed E-state index contributed by atoms with van der Waals surface area (Å²) in [5.74, 6) is -0.461. The van der Waals surface area contributed by atoms with Crippen LogP contribution in [0.4, 0.5) is 5.00 Å². The van der Waals surface area contributed by atoms with Gasteiger partial charge in [-0.25, -0.2) is 4.79 Å². The smallest absolute Gasteiger partial charge is 0.341 e. The first kappa shape index (κ1) is 18.1. The van der Waals surface area contributed by atoms with Crippen LogP contribution in [0.5, 0.6) is 0 Å². The third-order valence-electron chi connectivity index (χ3n) is 4.20. The maximum Gasteiger partial charge on any atom is 0.341 e. The molecule has 1 aliphatic rings. The molecule has 2 heterocycles. The van der Waals surface area contributed by atoms with E-state index in [4.69, 9.17) is 4.74 Å². The highest BCUT2D eigenvalue weighted by Crippen LogP contribution is 2.39. The molecular weight excluding hydrogens is 354 g/mol. The van der Waals surface area contributed by atoms with E-state index >= 15 is 0 Å². The molecule has 2 aromatic heterocycles. The van der Waals surface area contributed by atoms with Crippen LogP contribution in [-0.4, -0.2) is 18.5 Å². The normalized spacial score (nSPS) is 12.9. The number of carbonyl (C=O) groups excluding carboxylic acids is 2. The molecule has 0 atom stereocenters. The molecule has 0 bridgehead atoms.